The third-order valence-electron chi connectivity index (χ3n) is 4.24. The molecule has 0 aliphatic carbocycles. The van der Waals surface area contributed by atoms with Crippen molar-refractivity contribution in [2.75, 3.05) is 7.11 Å². The molecule has 0 bridgehead atoms. The fourth-order valence-electron chi connectivity index (χ4n) is 3.00. The molecule has 0 N–H and O–H groups in total. The van der Waals surface area contributed by atoms with E-state index in [0.717, 1.165) is 0 Å². The van der Waals surface area contributed by atoms with Gasteiger partial charge in [0, 0.05) is 23.4 Å². The summed E-state index contributed by atoms with van der Waals surface area (Å²) in [5.41, 5.74) is 0.810. The van der Waals surface area contributed by atoms with E-state index in [4.69, 9.17) is 30.5 Å². The Hall–Kier alpha value is -3.32. The maximum Gasteiger partial charge on any atom is 0.342 e. The number of carbonyl (C=O) groups is 1. The number of nitrogens with zero attached hydrogens (tertiary/aromatic N) is 2. The van der Waals surface area contributed by atoms with Gasteiger partial charge in [0.1, 0.15) is 27.7 Å². The summed E-state index contributed by atoms with van der Waals surface area (Å²) in [5, 5.41) is 0.288. The van der Waals surface area contributed by atoms with Crippen molar-refractivity contribution in [1.29, 1.82) is 0 Å². The standard InChI is InChI=1S/C25H27ClN2O5/c1-15(2)31-23-20(26)13-16(14-28-23)32-21-17(18-11-8-12-27-22(18)30-6)9-7-10-19(21)24(29)33-25(3,4)5/h7-15H,1-6H3. The molecule has 0 saturated carbocycles. The van der Waals surface area contributed by atoms with Crippen molar-refractivity contribution in [1.82, 2.24) is 9.97 Å². The first-order chi connectivity index (χ1) is 15.6. The number of benzene rings is 1. The minimum Gasteiger partial charge on any atom is -0.481 e. The van der Waals surface area contributed by atoms with E-state index < -0.39 is 11.6 Å². The Kier molecular flexibility index (Phi) is 7.43. The summed E-state index contributed by atoms with van der Waals surface area (Å²) in [5.74, 6) is 0.764. The second kappa shape index (κ2) is 10.1. The highest BCUT2D eigenvalue weighted by Crippen LogP contribution is 2.41. The van der Waals surface area contributed by atoms with E-state index in [1.54, 1.807) is 51.2 Å². The number of carbonyl (C=O) groups excluding carboxylic acids is 1. The molecule has 0 fully saturated rings. The predicted octanol–water partition coefficient (Wildman–Crippen LogP) is 6.34. The molecule has 8 heteroatoms. The summed E-state index contributed by atoms with van der Waals surface area (Å²) in [6, 6.07) is 10.4. The van der Waals surface area contributed by atoms with Gasteiger partial charge >= 0.3 is 5.97 Å². The summed E-state index contributed by atoms with van der Waals surface area (Å²) in [4.78, 5) is 21.6. The molecule has 0 amide bonds. The van der Waals surface area contributed by atoms with Crippen molar-refractivity contribution in [3.8, 4) is 34.4 Å². The van der Waals surface area contributed by atoms with Crippen LogP contribution in [0.5, 0.6) is 23.3 Å². The number of para-hydroxylation sites is 1. The van der Waals surface area contributed by atoms with Crippen molar-refractivity contribution in [3.05, 3.63) is 59.4 Å². The van der Waals surface area contributed by atoms with Crippen LogP contribution in [-0.4, -0.2) is 34.8 Å². The molecule has 0 aliphatic rings. The van der Waals surface area contributed by atoms with Crippen LogP contribution < -0.4 is 14.2 Å². The molecule has 0 radical (unpaired) electrons. The van der Waals surface area contributed by atoms with Crippen LogP contribution in [0.25, 0.3) is 11.1 Å². The number of halogens is 1. The summed E-state index contributed by atoms with van der Waals surface area (Å²) in [6.07, 6.45) is 3.02. The first-order valence-corrected chi connectivity index (χ1v) is 10.8. The van der Waals surface area contributed by atoms with Crippen LogP contribution in [0.2, 0.25) is 5.02 Å². The number of rotatable bonds is 7. The molecule has 2 aromatic heterocycles. The average Bonchev–Trinajstić information content (AvgIpc) is 2.74. The highest BCUT2D eigenvalue weighted by molar-refractivity contribution is 6.31. The Bertz CT molecular complexity index is 1140. The fourth-order valence-corrected chi connectivity index (χ4v) is 3.20. The molecule has 0 spiro atoms. The first kappa shape index (κ1) is 24.3. The van der Waals surface area contributed by atoms with Crippen LogP contribution in [-0.2, 0) is 4.74 Å². The normalized spacial score (nSPS) is 11.3. The third kappa shape index (κ3) is 6.14. The van der Waals surface area contributed by atoms with Crippen LogP contribution in [0.15, 0.2) is 48.8 Å². The monoisotopic (exact) mass is 470 g/mol. The Morgan fingerprint density at radius 3 is 2.39 bits per heavy atom. The second-order valence-electron chi connectivity index (χ2n) is 8.47. The highest BCUT2D eigenvalue weighted by atomic mass is 35.5. The summed E-state index contributed by atoms with van der Waals surface area (Å²) in [7, 11) is 1.53. The maximum atomic E-state index is 13.0. The van der Waals surface area contributed by atoms with Gasteiger partial charge in [0.2, 0.25) is 11.8 Å². The molecule has 1 aromatic carbocycles. The molecule has 7 nitrogen and oxygen atoms in total. The van der Waals surface area contributed by atoms with Gasteiger partial charge in [-0.3, -0.25) is 0 Å². The fraction of sp³-hybridized carbons (Fsp3) is 0.320. The highest BCUT2D eigenvalue weighted by Gasteiger charge is 2.25. The van der Waals surface area contributed by atoms with E-state index >= 15 is 0 Å². The van der Waals surface area contributed by atoms with Crippen molar-refractivity contribution in [3.63, 3.8) is 0 Å². The lowest BCUT2D eigenvalue weighted by molar-refractivity contribution is 0.00672. The van der Waals surface area contributed by atoms with Gasteiger partial charge in [-0.05, 0) is 52.8 Å². The number of esters is 1. The maximum absolute atomic E-state index is 13.0. The molecular weight excluding hydrogens is 444 g/mol. The molecule has 3 rings (SSSR count). The van der Waals surface area contributed by atoms with E-state index in [2.05, 4.69) is 9.97 Å². The number of hydrogen-bond donors (Lipinski definition) is 0. The van der Waals surface area contributed by atoms with Gasteiger partial charge < -0.3 is 18.9 Å². The summed E-state index contributed by atoms with van der Waals surface area (Å²) in [6.45, 7) is 9.17. The zero-order chi connectivity index (χ0) is 24.2. The smallest absolute Gasteiger partial charge is 0.342 e. The lowest BCUT2D eigenvalue weighted by Crippen LogP contribution is -2.24. The number of methoxy groups -OCH3 is 1. The minimum atomic E-state index is -0.683. The van der Waals surface area contributed by atoms with E-state index in [1.807, 2.05) is 26.0 Å². The summed E-state index contributed by atoms with van der Waals surface area (Å²) >= 11 is 6.34. The lowest BCUT2D eigenvalue weighted by atomic mass is 10.0. The van der Waals surface area contributed by atoms with Crippen molar-refractivity contribution in [2.24, 2.45) is 0 Å². The van der Waals surface area contributed by atoms with E-state index in [0.29, 0.717) is 28.6 Å². The van der Waals surface area contributed by atoms with Crippen LogP contribution in [0.3, 0.4) is 0 Å². The van der Waals surface area contributed by atoms with Gasteiger partial charge in [-0.25, -0.2) is 14.8 Å². The number of pyridine rings is 2. The predicted molar refractivity (Wildman–Crippen MR) is 126 cm³/mol. The van der Waals surface area contributed by atoms with Crippen LogP contribution in [0.4, 0.5) is 0 Å². The Labute approximate surface area is 198 Å². The van der Waals surface area contributed by atoms with Crippen molar-refractivity contribution < 1.29 is 23.7 Å². The largest absolute Gasteiger partial charge is 0.481 e. The zero-order valence-corrected chi connectivity index (χ0v) is 20.3. The van der Waals surface area contributed by atoms with Gasteiger partial charge in [0.05, 0.1) is 19.4 Å². The molecule has 33 heavy (non-hydrogen) atoms. The topological polar surface area (TPSA) is 79.8 Å². The lowest BCUT2D eigenvalue weighted by Gasteiger charge is -2.22. The van der Waals surface area contributed by atoms with Gasteiger partial charge in [0.15, 0.2) is 0 Å². The molecule has 3 aromatic rings. The molecule has 0 unspecified atom stereocenters. The van der Waals surface area contributed by atoms with Crippen molar-refractivity contribution >= 4 is 17.6 Å². The van der Waals surface area contributed by atoms with E-state index in [-0.39, 0.29) is 22.4 Å². The molecular formula is C25H27ClN2O5. The van der Waals surface area contributed by atoms with E-state index in [1.165, 1.54) is 13.3 Å². The number of hydrogen-bond acceptors (Lipinski definition) is 7. The second-order valence-corrected chi connectivity index (χ2v) is 8.88. The molecule has 0 atom stereocenters. The van der Waals surface area contributed by atoms with Gasteiger partial charge in [-0.1, -0.05) is 23.7 Å². The SMILES string of the molecule is COc1ncccc1-c1cccc(C(=O)OC(C)(C)C)c1Oc1cnc(OC(C)C)c(Cl)c1. The summed E-state index contributed by atoms with van der Waals surface area (Å²) < 4.78 is 22.8. The number of aromatic nitrogens is 2. The van der Waals surface area contributed by atoms with Gasteiger partial charge in [-0.2, -0.15) is 0 Å². The number of ether oxygens (including phenoxy) is 4. The quantitative estimate of drug-likeness (QED) is 0.372. The molecule has 0 aliphatic heterocycles. The molecule has 2 heterocycles. The molecule has 0 saturated heterocycles. The Balaban J connectivity index is 2.12. The Morgan fingerprint density at radius 2 is 1.76 bits per heavy atom. The van der Waals surface area contributed by atoms with Crippen LogP contribution >= 0.6 is 11.6 Å². The van der Waals surface area contributed by atoms with Crippen molar-refractivity contribution in [2.45, 2.75) is 46.3 Å². The minimum absolute atomic E-state index is 0.0840. The first-order valence-electron chi connectivity index (χ1n) is 10.4. The Morgan fingerprint density at radius 1 is 1.03 bits per heavy atom. The average molecular weight is 471 g/mol. The molecule has 174 valence electrons. The van der Waals surface area contributed by atoms with Crippen LogP contribution in [0, 0.1) is 0 Å². The van der Waals surface area contributed by atoms with Gasteiger partial charge in [-0.15, -0.1) is 0 Å². The van der Waals surface area contributed by atoms with Crippen LogP contribution in [0.1, 0.15) is 45.0 Å². The zero-order valence-electron chi connectivity index (χ0n) is 19.5. The van der Waals surface area contributed by atoms with E-state index in [9.17, 15) is 4.79 Å². The van der Waals surface area contributed by atoms with Gasteiger partial charge in [0.25, 0.3) is 0 Å². The third-order valence-corrected chi connectivity index (χ3v) is 4.51.